The lowest BCUT2D eigenvalue weighted by Crippen LogP contribution is -2.45. The van der Waals surface area contributed by atoms with E-state index in [4.69, 9.17) is 21.1 Å². The van der Waals surface area contributed by atoms with E-state index in [1.165, 1.54) is 0 Å². The Bertz CT molecular complexity index is 2270. The number of aliphatic hydroxyl groups excluding tert-OH is 2. The second-order valence-electron chi connectivity index (χ2n) is 15.8. The van der Waals surface area contributed by atoms with Crippen molar-refractivity contribution in [3.05, 3.63) is 142 Å². The minimum atomic E-state index is -0.506. The highest BCUT2D eigenvalue weighted by Crippen LogP contribution is 2.36. The van der Waals surface area contributed by atoms with Crippen molar-refractivity contribution in [2.75, 3.05) is 14.2 Å². The average Bonchev–Trinajstić information content (AvgIpc) is 3.26. The summed E-state index contributed by atoms with van der Waals surface area (Å²) in [4.78, 5) is 35.0. The zero-order chi connectivity index (χ0) is 42.2. The van der Waals surface area contributed by atoms with Crippen molar-refractivity contribution in [2.24, 2.45) is 0 Å². The van der Waals surface area contributed by atoms with Crippen molar-refractivity contribution in [1.82, 2.24) is 20.6 Å². The molecular formula is C49H53ClN4O6. The summed E-state index contributed by atoms with van der Waals surface area (Å²) in [6.07, 6.45) is 11.0. The van der Waals surface area contributed by atoms with Crippen molar-refractivity contribution >= 4 is 45.0 Å². The molecule has 10 nitrogen and oxygen atoms in total. The zero-order valence-corrected chi connectivity index (χ0v) is 35.2. The standard InChI is InChI=1S/C25H28N2O3.C24H25ClN2O3/c1-16-11-12-17(15-26-16)13-18-14-21(24(30-2)20-8-4-3-7-19(18)20)25(29)27-22-9-5-6-10-23(22)28;1-30-23-18-7-3-2-6-17(18)16(12-15-10-11-22(25)26-14-15)13-19(23)24(29)27-20-8-4-5-9-21(20)28/h3-4,7-8,11-12,14-15,22-23,28H,5-6,9-10,13H2,1-2H3,(H,27,29);2-3,6-7,10-11,13-14,20-21,28H,4-5,8-9,12H2,1H3,(H,27,29)/t22-,23-;20-,21-/m00/s1. The van der Waals surface area contributed by atoms with Gasteiger partial charge >= 0.3 is 0 Å². The Kier molecular flexibility index (Phi) is 14.0. The first-order valence-electron chi connectivity index (χ1n) is 20.8. The molecule has 4 aromatic carbocycles. The Balaban J connectivity index is 0.000000181. The predicted molar refractivity (Wildman–Crippen MR) is 236 cm³/mol. The van der Waals surface area contributed by atoms with Gasteiger partial charge in [-0.15, -0.1) is 0 Å². The zero-order valence-electron chi connectivity index (χ0n) is 34.4. The molecule has 60 heavy (non-hydrogen) atoms. The van der Waals surface area contributed by atoms with E-state index in [-0.39, 0.29) is 23.9 Å². The molecule has 6 aromatic rings. The molecule has 2 amide bonds. The second kappa shape index (κ2) is 19.7. The van der Waals surface area contributed by atoms with Crippen molar-refractivity contribution in [2.45, 2.75) is 95.4 Å². The minimum absolute atomic E-state index is 0.202. The van der Waals surface area contributed by atoms with Gasteiger partial charge in [0.05, 0.1) is 49.6 Å². The molecule has 4 N–H and O–H groups in total. The van der Waals surface area contributed by atoms with Crippen LogP contribution >= 0.6 is 11.6 Å². The second-order valence-corrected chi connectivity index (χ2v) is 16.2. The monoisotopic (exact) mass is 828 g/mol. The third-order valence-electron chi connectivity index (χ3n) is 11.7. The van der Waals surface area contributed by atoms with E-state index >= 15 is 0 Å². The van der Waals surface area contributed by atoms with E-state index in [0.717, 1.165) is 94.4 Å². The van der Waals surface area contributed by atoms with Crippen LogP contribution in [-0.4, -0.2) is 70.5 Å². The number of rotatable bonds is 10. The van der Waals surface area contributed by atoms with Gasteiger partial charge in [-0.1, -0.05) is 97.9 Å². The van der Waals surface area contributed by atoms with Gasteiger partial charge in [0.15, 0.2) is 0 Å². The molecule has 0 saturated heterocycles. The van der Waals surface area contributed by atoms with Gasteiger partial charge in [-0.3, -0.25) is 14.6 Å². The summed E-state index contributed by atoms with van der Waals surface area (Å²) in [5, 5.41) is 30.9. The van der Waals surface area contributed by atoms with E-state index in [1.54, 1.807) is 26.5 Å². The highest BCUT2D eigenvalue weighted by Gasteiger charge is 2.28. The van der Waals surface area contributed by atoms with Crippen molar-refractivity contribution in [3.8, 4) is 11.5 Å². The molecule has 2 saturated carbocycles. The molecule has 0 bridgehead atoms. The fourth-order valence-electron chi connectivity index (χ4n) is 8.52. The van der Waals surface area contributed by atoms with Gasteiger partial charge in [0.2, 0.25) is 0 Å². The number of hydrogen-bond donors (Lipinski definition) is 4. The number of hydrogen-bond acceptors (Lipinski definition) is 8. The normalized spacial score (nSPS) is 18.9. The molecule has 11 heteroatoms. The van der Waals surface area contributed by atoms with Gasteiger partial charge in [-0.2, -0.15) is 0 Å². The van der Waals surface area contributed by atoms with E-state index in [9.17, 15) is 19.8 Å². The average molecular weight is 829 g/mol. The Hall–Kier alpha value is -5.55. The van der Waals surface area contributed by atoms with Crippen molar-refractivity contribution < 1.29 is 29.3 Å². The topological polar surface area (TPSA) is 143 Å². The number of carbonyl (C=O) groups is 2. The maximum atomic E-state index is 13.2. The molecule has 0 unspecified atom stereocenters. The first-order chi connectivity index (χ1) is 29.1. The maximum Gasteiger partial charge on any atom is 0.255 e. The fourth-order valence-corrected chi connectivity index (χ4v) is 8.63. The van der Waals surface area contributed by atoms with Crippen LogP contribution in [0.1, 0.15) is 100 Å². The summed E-state index contributed by atoms with van der Waals surface area (Å²) < 4.78 is 11.3. The number of aromatic nitrogens is 2. The van der Waals surface area contributed by atoms with Crippen LogP contribution in [0, 0.1) is 6.92 Å². The number of benzene rings is 4. The molecule has 2 aromatic heterocycles. The summed E-state index contributed by atoms with van der Waals surface area (Å²) >= 11 is 5.92. The van der Waals surface area contributed by atoms with E-state index in [2.05, 4.69) is 32.7 Å². The Morgan fingerprint density at radius 3 is 1.47 bits per heavy atom. The maximum absolute atomic E-state index is 13.2. The summed E-state index contributed by atoms with van der Waals surface area (Å²) in [7, 11) is 3.17. The molecule has 2 aliphatic rings. The van der Waals surface area contributed by atoms with Crippen LogP contribution in [0.4, 0.5) is 0 Å². The van der Waals surface area contributed by atoms with Crippen LogP contribution in [0.25, 0.3) is 21.5 Å². The van der Waals surface area contributed by atoms with Gasteiger partial charge < -0.3 is 30.3 Å². The van der Waals surface area contributed by atoms with Gasteiger partial charge in [-0.05, 0) is 103 Å². The number of amides is 2. The number of carbonyl (C=O) groups excluding carboxylic acids is 2. The minimum Gasteiger partial charge on any atom is -0.495 e. The Morgan fingerprint density at radius 1 is 0.633 bits per heavy atom. The third-order valence-corrected chi connectivity index (χ3v) is 11.9. The molecule has 2 fully saturated rings. The highest BCUT2D eigenvalue weighted by atomic mass is 35.5. The summed E-state index contributed by atoms with van der Waals surface area (Å²) in [5.74, 6) is 0.691. The number of methoxy groups -OCH3 is 2. The molecule has 2 heterocycles. The number of ether oxygens (including phenoxy) is 2. The lowest BCUT2D eigenvalue weighted by atomic mass is 9.91. The molecule has 312 valence electrons. The molecule has 0 spiro atoms. The Morgan fingerprint density at radius 2 is 1.07 bits per heavy atom. The largest absolute Gasteiger partial charge is 0.495 e. The smallest absolute Gasteiger partial charge is 0.255 e. The van der Waals surface area contributed by atoms with E-state index in [1.807, 2.05) is 79.9 Å². The molecule has 2 aliphatic carbocycles. The molecule has 8 rings (SSSR count). The number of pyridine rings is 2. The number of aliphatic hydroxyl groups is 2. The van der Waals surface area contributed by atoms with Crippen LogP contribution in [0.2, 0.25) is 5.15 Å². The summed E-state index contributed by atoms with van der Waals surface area (Å²) in [6, 6.07) is 27.0. The number of halogens is 1. The fraction of sp³-hybridized carbons (Fsp3) is 0.347. The quantitative estimate of drug-likeness (QED) is 0.101. The summed E-state index contributed by atoms with van der Waals surface area (Å²) in [6.45, 7) is 1.97. The van der Waals surface area contributed by atoms with Gasteiger partial charge in [0.25, 0.3) is 11.8 Å². The SMILES string of the molecule is COc1c(C(=O)N[C@H]2CCCC[C@@H]2O)cc(Cc2ccc(C)nc2)c2ccccc12.COc1c(C(=O)N[C@H]2CCCC[C@@H]2O)cc(Cc2ccc(Cl)nc2)c2ccccc12. The lowest BCUT2D eigenvalue weighted by Gasteiger charge is -2.28. The molecule has 0 aliphatic heterocycles. The van der Waals surface area contributed by atoms with E-state index < -0.39 is 12.2 Å². The number of aryl methyl sites for hydroxylation is 1. The predicted octanol–water partition coefficient (Wildman–Crippen LogP) is 8.70. The first kappa shape index (κ1) is 42.6. The summed E-state index contributed by atoms with van der Waals surface area (Å²) in [5.41, 5.74) is 6.10. The number of fused-ring (bicyclic) bond motifs is 2. The van der Waals surface area contributed by atoms with Gasteiger partial charge in [0, 0.05) is 28.9 Å². The van der Waals surface area contributed by atoms with Crippen molar-refractivity contribution in [3.63, 3.8) is 0 Å². The third kappa shape index (κ3) is 9.90. The van der Waals surface area contributed by atoms with Gasteiger partial charge in [0.1, 0.15) is 16.7 Å². The lowest BCUT2D eigenvalue weighted by molar-refractivity contribution is 0.0713. The van der Waals surface area contributed by atoms with Crippen LogP contribution in [0.5, 0.6) is 11.5 Å². The molecule has 4 atom stereocenters. The molecular weight excluding hydrogens is 776 g/mol. The van der Waals surface area contributed by atoms with Crippen LogP contribution in [0.3, 0.4) is 0 Å². The highest BCUT2D eigenvalue weighted by molar-refractivity contribution is 6.29. The van der Waals surface area contributed by atoms with Crippen LogP contribution in [-0.2, 0) is 12.8 Å². The number of nitrogens with one attached hydrogen (secondary N) is 2. The van der Waals surface area contributed by atoms with Gasteiger partial charge in [-0.25, -0.2) is 4.98 Å². The Labute approximate surface area is 356 Å². The van der Waals surface area contributed by atoms with Crippen LogP contribution < -0.4 is 20.1 Å². The van der Waals surface area contributed by atoms with Crippen LogP contribution in [0.15, 0.2) is 97.3 Å². The van der Waals surface area contributed by atoms with E-state index in [0.29, 0.717) is 47.0 Å². The number of nitrogens with zero attached hydrogens (tertiary/aromatic N) is 2. The first-order valence-corrected chi connectivity index (χ1v) is 21.2. The molecule has 0 radical (unpaired) electrons. The van der Waals surface area contributed by atoms with Crippen molar-refractivity contribution in [1.29, 1.82) is 0 Å².